The summed E-state index contributed by atoms with van der Waals surface area (Å²) in [5.41, 5.74) is 2.95. The molecule has 3 rings (SSSR count). The highest BCUT2D eigenvalue weighted by Gasteiger charge is 2.41. The zero-order valence-electron chi connectivity index (χ0n) is 13.7. The normalized spacial score (nSPS) is 25.8. The lowest BCUT2D eigenvalue weighted by atomic mass is 9.89. The highest BCUT2D eigenvalue weighted by Crippen LogP contribution is 2.34. The molecule has 3 heteroatoms. The minimum Gasteiger partial charge on any atom is -0.308 e. The van der Waals surface area contributed by atoms with Gasteiger partial charge in [-0.05, 0) is 37.3 Å². The van der Waals surface area contributed by atoms with E-state index in [2.05, 4.69) is 42.0 Å². The van der Waals surface area contributed by atoms with Crippen LogP contribution in [0.1, 0.15) is 50.8 Å². The highest BCUT2D eigenvalue weighted by atomic mass is 15.3. The molecule has 2 aliphatic rings. The third kappa shape index (κ3) is 3.14. The van der Waals surface area contributed by atoms with E-state index in [4.69, 9.17) is 0 Å². The van der Waals surface area contributed by atoms with Gasteiger partial charge in [0.05, 0.1) is 5.69 Å². The van der Waals surface area contributed by atoms with E-state index in [0.29, 0.717) is 17.5 Å². The van der Waals surface area contributed by atoms with Crippen molar-refractivity contribution in [2.45, 2.75) is 64.6 Å². The van der Waals surface area contributed by atoms with Crippen LogP contribution >= 0.6 is 0 Å². The molecule has 0 bridgehead atoms. The molecule has 1 N–H and O–H groups in total. The minimum atomic E-state index is 0.383. The molecule has 1 aromatic heterocycles. The Morgan fingerprint density at radius 1 is 1.38 bits per heavy atom. The van der Waals surface area contributed by atoms with Crippen LogP contribution in [0, 0.1) is 12.8 Å². The molecule has 1 aliphatic heterocycles. The third-order valence-corrected chi connectivity index (χ3v) is 5.46. The van der Waals surface area contributed by atoms with Gasteiger partial charge in [-0.2, -0.15) is 0 Å². The Hall–Kier alpha value is -0.930. The van der Waals surface area contributed by atoms with Crippen molar-refractivity contribution in [3.63, 3.8) is 0 Å². The Kier molecular flexibility index (Phi) is 4.32. The van der Waals surface area contributed by atoms with E-state index in [9.17, 15) is 0 Å². The van der Waals surface area contributed by atoms with E-state index in [0.717, 1.165) is 13.1 Å². The molecule has 1 saturated carbocycles. The molecule has 0 radical (unpaired) electrons. The maximum absolute atomic E-state index is 4.62. The number of piperazine rings is 1. The first-order valence-corrected chi connectivity index (χ1v) is 8.49. The van der Waals surface area contributed by atoms with Crippen molar-refractivity contribution >= 4 is 0 Å². The Labute approximate surface area is 129 Å². The van der Waals surface area contributed by atoms with Crippen molar-refractivity contribution in [1.82, 2.24) is 15.2 Å². The van der Waals surface area contributed by atoms with Crippen molar-refractivity contribution in [2.75, 3.05) is 13.1 Å². The van der Waals surface area contributed by atoms with Crippen molar-refractivity contribution < 1.29 is 0 Å². The molecule has 1 atom stereocenters. The number of hydrogen-bond acceptors (Lipinski definition) is 3. The predicted octanol–water partition coefficient (Wildman–Crippen LogP) is 3.13. The fraction of sp³-hybridized carbons (Fsp3) is 0.722. The molecule has 2 heterocycles. The summed E-state index contributed by atoms with van der Waals surface area (Å²) in [5, 5.41) is 3.89. The summed E-state index contributed by atoms with van der Waals surface area (Å²) in [7, 11) is 0. The van der Waals surface area contributed by atoms with Crippen LogP contribution in [0.4, 0.5) is 0 Å². The van der Waals surface area contributed by atoms with Crippen molar-refractivity contribution in [2.24, 2.45) is 5.92 Å². The molecular weight excluding hydrogens is 258 g/mol. The average molecular weight is 287 g/mol. The molecule has 1 saturated heterocycles. The molecule has 0 amide bonds. The fourth-order valence-corrected chi connectivity index (χ4v) is 4.11. The summed E-state index contributed by atoms with van der Waals surface area (Å²) >= 11 is 0. The standard InChI is InChI=1S/C18H29N3/c1-14(2)17-11-20-18(8-4-5-9-18)13-21(17)12-16-15(3)7-6-10-19-16/h6-7,10,14,17,20H,4-5,8-9,11-13H2,1-3H3. The lowest BCUT2D eigenvalue weighted by Gasteiger charge is -2.48. The molecule has 116 valence electrons. The lowest BCUT2D eigenvalue weighted by molar-refractivity contribution is 0.0496. The first kappa shape index (κ1) is 15.0. The van der Waals surface area contributed by atoms with E-state index in [-0.39, 0.29) is 0 Å². The molecule has 1 spiro atoms. The first-order valence-electron chi connectivity index (χ1n) is 8.49. The monoisotopic (exact) mass is 287 g/mol. The van der Waals surface area contributed by atoms with Gasteiger partial charge in [0.15, 0.2) is 0 Å². The van der Waals surface area contributed by atoms with Crippen LogP contribution in [0.15, 0.2) is 18.3 Å². The fourth-order valence-electron chi connectivity index (χ4n) is 4.11. The number of hydrogen-bond donors (Lipinski definition) is 1. The Balaban J connectivity index is 1.79. The smallest absolute Gasteiger partial charge is 0.0573 e. The topological polar surface area (TPSA) is 28.2 Å². The van der Waals surface area contributed by atoms with Gasteiger partial charge in [-0.25, -0.2) is 0 Å². The second-order valence-electron chi connectivity index (χ2n) is 7.35. The van der Waals surface area contributed by atoms with Crippen LogP contribution in [-0.2, 0) is 6.54 Å². The number of nitrogens with zero attached hydrogens (tertiary/aromatic N) is 2. The first-order chi connectivity index (χ1) is 10.1. The second-order valence-corrected chi connectivity index (χ2v) is 7.35. The molecular formula is C18H29N3. The molecule has 2 fully saturated rings. The van der Waals surface area contributed by atoms with Gasteiger partial charge in [0.2, 0.25) is 0 Å². The third-order valence-electron chi connectivity index (χ3n) is 5.46. The summed E-state index contributed by atoms with van der Waals surface area (Å²) in [6.07, 6.45) is 7.39. The molecule has 21 heavy (non-hydrogen) atoms. The molecule has 3 nitrogen and oxygen atoms in total. The van der Waals surface area contributed by atoms with Gasteiger partial charge >= 0.3 is 0 Å². The van der Waals surface area contributed by atoms with Crippen LogP contribution in [0.2, 0.25) is 0 Å². The maximum Gasteiger partial charge on any atom is 0.0573 e. The highest BCUT2D eigenvalue weighted by molar-refractivity contribution is 5.18. The van der Waals surface area contributed by atoms with Gasteiger partial charge in [-0.15, -0.1) is 0 Å². The predicted molar refractivity (Wildman–Crippen MR) is 87.2 cm³/mol. The number of aromatic nitrogens is 1. The molecule has 1 aliphatic carbocycles. The Morgan fingerprint density at radius 3 is 2.81 bits per heavy atom. The van der Waals surface area contributed by atoms with Gasteiger partial charge in [-0.3, -0.25) is 9.88 Å². The SMILES string of the molecule is Cc1cccnc1CN1CC2(CCCC2)NCC1C(C)C. The number of nitrogens with one attached hydrogen (secondary N) is 1. The number of aryl methyl sites for hydroxylation is 1. The van der Waals surface area contributed by atoms with Crippen LogP contribution in [0.5, 0.6) is 0 Å². The van der Waals surface area contributed by atoms with E-state index in [1.54, 1.807) is 0 Å². The summed E-state index contributed by atoms with van der Waals surface area (Å²) in [6, 6.07) is 4.84. The number of pyridine rings is 1. The average Bonchev–Trinajstić information content (AvgIpc) is 2.89. The van der Waals surface area contributed by atoms with Crippen molar-refractivity contribution in [3.8, 4) is 0 Å². The van der Waals surface area contributed by atoms with Gasteiger partial charge in [0.25, 0.3) is 0 Å². The number of rotatable bonds is 3. The summed E-state index contributed by atoms with van der Waals surface area (Å²) in [4.78, 5) is 7.32. The lowest BCUT2D eigenvalue weighted by Crippen LogP contribution is -2.64. The summed E-state index contributed by atoms with van der Waals surface area (Å²) in [6.45, 7) is 10.2. The Morgan fingerprint density at radius 2 is 2.14 bits per heavy atom. The minimum absolute atomic E-state index is 0.383. The second kappa shape index (κ2) is 6.05. The Bertz CT molecular complexity index is 477. The van der Waals surface area contributed by atoms with E-state index in [1.807, 2.05) is 12.3 Å². The van der Waals surface area contributed by atoms with Crippen LogP contribution in [-0.4, -0.2) is 34.6 Å². The summed E-state index contributed by atoms with van der Waals surface area (Å²) in [5.74, 6) is 0.681. The van der Waals surface area contributed by atoms with Gasteiger partial charge in [0, 0.05) is 37.4 Å². The van der Waals surface area contributed by atoms with E-state index < -0.39 is 0 Å². The van der Waals surface area contributed by atoms with Crippen LogP contribution in [0.25, 0.3) is 0 Å². The van der Waals surface area contributed by atoms with E-state index >= 15 is 0 Å². The van der Waals surface area contributed by atoms with Gasteiger partial charge < -0.3 is 5.32 Å². The molecule has 1 unspecified atom stereocenters. The summed E-state index contributed by atoms with van der Waals surface area (Å²) < 4.78 is 0. The largest absolute Gasteiger partial charge is 0.308 e. The van der Waals surface area contributed by atoms with Gasteiger partial charge in [-0.1, -0.05) is 32.8 Å². The quantitative estimate of drug-likeness (QED) is 0.926. The van der Waals surface area contributed by atoms with Crippen LogP contribution in [0.3, 0.4) is 0 Å². The van der Waals surface area contributed by atoms with Crippen molar-refractivity contribution in [1.29, 1.82) is 0 Å². The maximum atomic E-state index is 4.62. The van der Waals surface area contributed by atoms with E-state index in [1.165, 1.54) is 43.5 Å². The van der Waals surface area contributed by atoms with Crippen molar-refractivity contribution in [3.05, 3.63) is 29.6 Å². The zero-order chi connectivity index (χ0) is 14.9. The van der Waals surface area contributed by atoms with Crippen LogP contribution < -0.4 is 5.32 Å². The molecule has 1 aromatic rings. The van der Waals surface area contributed by atoms with Gasteiger partial charge in [0.1, 0.15) is 0 Å². The zero-order valence-corrected chi connectivity index (χ0v) is 13.7. The molecule has 0 aromatic carbocycles.